The number of esters is 1. The monoisotopic (exact) mass is 292 g/mol. The summed E-state index contributed by atoms with van der Waals surface area (Å²) in [5.41, 5.74) is 3.29. The Labute approximate surface area is 125 Å². The molecule has 1 fully saturated rings. The molecular formula is C16H24N2O3. The lowest BCUT2D eigenvalue weighted by molar-refractivity contribution is -0.130. The molecule has 0 unspecified atom stereocenters. The quantitative estimate of drug-likeness (QED) is 0.847. The fourth-order valence-corrected chi connectivity index (χ4v) is 2.93. The number of aromatic nitrogens is 1. The summed E-state index contributed by atoms with van der Waals surface area (Å²) in [6.07, 6.45) is 3.35. The van der Waals surface area contributed by atoms with Gasteiger partial charge in [0.15, 0.2) is 0 Å². The van der Waals surface area contributed by atoms with E-state index in [1.165, 1.54) is 0 Å². The van der Waals surface area contributed by atoms with Crippen LogP contribution in [0.1, 0.15) is 53.5 Å². The van der Waals surface area contributed by atoms with Crippen LogP contribution in [-0.2, 0) is 16.0 Å². The third kappa shape index (κ3) is 3.46. The minimum atomic E-state index is -0.291. The summed E-state index contributed by atoms with van der Waals surface area (Å²) in [4.78, 5) is 29.2. The van der Waals surface area contributed by atoms with Crippen molar-refractivity contribution in [3.63, 3.8) is 0 Å². The van der Waals surface area contributed by atoms with Crippen LogP contribution in [0.15, 0.2) is 0 Å². The normalized spacial score (nSPS) is 14.5. The van der Waals surface area contributed by atoms with Crippen LogP contribution in [0.3, 0.4) is 0 Å². The molecule has 1 aliphatic heterocycles. The maximum Gasteiger partial charge on any atom is 0.340 e. The van der Waals surface area contributed by atoms with Crippen LogP contribution >= 0.6 is 0 Å². The SMILES string of the molecule is CCOC(=O)c1c(C)[nH]c(CCC(=O)N2CCCC2)c1C. The van der Waals surface area contributed by atoms with E-state index in [9.17, 15) is 9.59 Å². The molecule has 1 saturated heterocycles. The Morgan fingerprint density at radius 1 is 1.24 bits per heavy atom. The number of carbonyl (C=O) groups excluding carboxylic acids is 2. The maximum absolute atomic E-state index is 12.1. The molecule has 21 heavy (non-hydrogen) atoms. The predicted octanol–water partition coefficient (Wildman–Crippen LogP) is 2.36. The lowest BCUT2D eigenvalue weighted by Gasteiger charge is -2.14. The van der Waals surface area contributed by atoms with Gasteiger partial charge in [-0.25, -0.2) is 4.79 Å². The van der Waals surface area contributed by atoms with Gasteiger partial charge in [-0.1, -0.05) is 0 Å². The van der Waals surface area contributed by atoms with Crippen LogP contribution in [0.5, 0.6) is 0 Å². The molecule has 0 spiro atoms. The molecule has 2 rings (SSSR count). The maximum atomic E-state index is 12.1. The number of nitrogens with one attached hydrogen (secondary N) is 1. The predicted molar refractivity (Wildman–Crippen MR) is 80.4 cm³/mol. The van der Waals surface area contributed by atoms with Gasteiger partial charge in [0.2, 0.25) is 5.91 Å². The molecule has 1 aromatic rings. The first-order valence-electron chi connectivity index (χ1n) is 7.67. The van der Waals surface area contributed by atoms with Crippen LogP contribution in [0, 0.1) is 13.8 Å². The molecule has 0 aromatic carbocycles. The molecule has 1 aromatic heterocycles. The number of carbonyl (C=O) groups is 2. The summed E-state index contributed by atoms with van der Waals surface area (Å²) in [5, 5.41) is 0. The van der Waals surface area contributed by atoms with Crippen LogP contribution < -0.4 is 0 Å². The molecule has 0 atom stereocenters. The molecule has 0 aliphatic carbocycles. The zero-order valence-electron chi connectivity index (χ0n) is 13.1. The molecule has 2 heterocycles. The average molecular weight is 292 g/mol. The van der Waals surface area contributed by atoms with Gasteiger partial charge in [-0.2, -0.15) is 0 Å². The van der Waals surface area contributed by atoms with Gasteiger partial charge >= 0.3 is 5.97 Å². The largest absolute Gasteiger partial charge is 0.462 e. The van der Waals surface area contributed by atoms with Crippen LogP contribution in [0.4, 0.5) is 0 Å². The van der Waals surface area contributed by atoms with E-state index in [-0.39, 0.29) is 11.9 Å². The van der Waals surface area contributed by atoms with Crippen LogP contribution in [-0.4, -0.2) is 41.5 Å². The summed E-state index contributed by atoms with van der Waals surface area (Å²) in [5.74, 6) is -0.0855. The third-order valence-corrected chi connectivity index (χ3v) is 4.07. The zero-order valence-corrected chi connectivity index (χ0v) is 13.1. The Morgan fingerprint density at radius 3 is 2.52 bits per heavy atom. The number of hydrogen-bond donors (Lipinski definition) is 1. The number of nitrogens with zero attached hydrogens (tertiary/aromatic N) is 1. The van der Waals surface area contributed by atoms with Crippen LogP contribution in [0.25, 0.3) is 0 Å². The lowest BCUT2D eigenvalue weighted by atomic mass is 10.1. The molecular weight excluding hydrogens is 268 g/mol. The zero-order chi connectivity index (χ0) is 15.4. The summed E-state index contributed by atoms with van der Waals surface area (Å²) in [6, 6.07) is 0. The average Bonchev–Trinajstić information content (AvgIpc) is 3.05. The Balaban J connectivity index is 2.02. The fraction of sp³-hybridized carbons (Fsp3) is 0.625. The number of amides is 1. The summed E-state index contributed by atoms with van der Waals surface area (Å²) in [6.45, 7) is 7.71. The van der Waals surface area contributed by atoms with Gasteiger partial charge < -0.3 is 14.6 Å². The molecule has 0 saturated carbocycles. The summed E-state index contributed by atoms with van der Waals surface area (Å²) >= 11 is 0. The van der Waals surface area contributed by atoms with Gasteiger partial charge in [0.25, 0.3) is 0 Å². The molecule has 1 aliphatic rings. The van der Waals surface area contributed by atoms with Crippen molar-refractivity contribution < 1.29 is 14.3 Å². The van der Waals surface area contributed by atoms with Gasteiger partial charge in [-0.3, -0.25) is 4.79 Å². The highest BCUT2D eigenvalue weighted by Gasteiger charge is 2.21. The molecule has 1 N–H and O–H groups in total. The number of likely N-dealkylation sites (tertiary alicyclic amines) is 1. The summed E-state index contributed by atoms with van der Waals surface area (Å²) < 4.78 is 5.08. The minimum absolute atomic E-state index is 0.205. The van der Waals surface area contributed by atoms with E-state index in [4.69, 9.17) is 4.74 Å². The van der Waals surface area contributed by atoms with Gasteiger partial charge in [0, 0.05) is 30.9 Å². The molecule has 0 bridgehead atoms. The van der Waals surface area contributed by atoms with Crippen molar-refractivity contribution in [3.05, 3.63) is 22.5 Å². The third-order valence-electron chi connectivity index (χ3n) is 4.07. The van der Waals surface area contributed by atoms with Crippen molar-refractivity contribution in [2.24, 2.45) is 0 Å². The topological polar surface area (TPSA) is 62.4 Å². The molecule has 116 valence electrons. The number of aryl methyl sites for hydroxylation is 2. The number of rotatable bonds is 5. The van der Waals surface area contributed by atoms with Crippen LogP contribution in [0.2, 0.25) is 0 Å². The standard InChI is InChI=1S/C16H24N2O3/c1-4-21-16(20)15-11(2)13(17-12(15)3)7-8-14(19)18-9-5-6-10-18/h17H,4-10H2,1-3H3. The molecule has 5 nitrogen and oxygen atoms in total. The second kappa shape index (κ2) is 6.78. The number of aromatic amines is 1. The smallest absolute Gasteiger partial charge is 0.340 e. The van der Waals surface area contributed by atoms with Crippen molar-refractivity contribution in [1.29, 1.82) is 0 Å². The van der Waals surface area contributed by atoms with Crippen molar-refractivity contribution in [3.8, 4) is 0 Å². The Morgan fingerprint density at radius 2 is 1.90 bits per heavy atom. The van der Waals surface area contributed by atoms with Crippen molar-refractivity contribution in [2.45, 2.75) is 46.5 Å². The Hall–Kier alpha value is -1.78. The van der Waals surface area contributed by atoms with Gasteiger partial charge in [0.1, 0.15) is 0 Å². The van der Waals surface area contributed by atoms with E-state index in [1.807, 2.05) is 18.7 Å². The highest BCUT2D eigenvalue weighted by atomic mass is 16.5. The van der Waals surface area contributed by atoms with Gasteiger partial charge in [0.05, 0.1) is 12.2 Å². The Bertz CT molecular complexity index is 528. The molecule has 5 heteroatoms. The van der Waals surface area contributed by atoms with E-state index in [2.05, 4.69) is 4.98 Å². The first-order valence-corrected chi connectivity index (χ1v) is 7.67. The lowest BCUT2D eigenvalue weighted by Crippen LogP contribution is -2.27. The van der Waals surface area contributed by atoms with Gasteiger partial charge in [-0.15, -0.1) is 0 Å². The summed E-state index contributed by atoms with van der Waals surface area (Å²) in [7, 11) is 0. The minimum Gasteiger partial charge on any atom is -0.462 e. The van der Waals surface area contributed by atoms with E-state index in [0.29, 0.717) is 25.0 Å². The second-order valence-corrected chi connectivity index (χ2v) is 5.54. The Kier molecular flexibility index (Phi) is 5.04. The first-order chi connectivity index (χ1) is 10.0. The number of ether oxygens (including phenoxy) is 1. The first kappa shape index (κ1) is 15.6. The van der Waals surface area contributed by atoms with Crippen molar-refractivity contribution in [1.82, 2.24) is 9.88 Å². The van der Waals surface area contributed by atoms with E-state index in [1.54, 1.807) is 6.92 Å². The van der Waals surface area contributed by atoms with E-state index >= 15 is 0 Å². The van der Waals surface area contributed by atoms with Crippen molar-refractivity contribution in [2.75, 3.05) is 19.7 Å². The van der Waals surface area contributed by atoms with E-state index < -0.39 is 0 Å². The highest BCUT2D eigenvalue weighted by molar-refractivity contribution is 5.92. The number of H-pyrrole nitrogens is 1. The number of hydrogen-bond acceptors (Lipinski definition) is 3. The fourth-order valence-electron chi connectivity index (χ4n) is 2.93. The highest BCUT2D eigenvalue weighted by Crippen LogP contribution is 2.21. The molecule has 0 radical (unpaired) electrons. The second-order valence-electron chi connectivity index (χ2n) is 5.54. The molecule has 1 amide bonds. The van der Waals surface area contributed by atoms with Crippen molar-refractivity contribution >= 4 is 11.9 Å². The van der Waals surface area contributed by atoms with E-state index in [0.717, 1.165) is 42.9 Å². The van der Waals surface area contributed by atoms with Gasteiger partial charge in [-0.05, 0) is 45.6 Å².